The molecule has 4 rings (SSSR count). The molecule has 0 aromatic heterocycles. The normalized spacial score (nSPS) is 33.2. The molecule has 2 bridgehead atoms. The van der Waals surface area contributed by atoms with Crippen LogP contribution in [0.3, 0.4) is 0 Å². The Balaban J connectivity index is 1.67. The minimum atomic E-state index is 0.0103. The molecular weight excluding hydrogens is 284 g/mol. The first kappa shape index (κ1) is 15.2. The van der Waals surface area contributed by atoms with Crippen molar-refractivity contribution in [3.05, 3.63) is 29.3 Å². The fourth-order valence-corrected chi connectivity index (χ4v) is 4.85. The Morgan fingerprint density at radius 3 is 2.87 bits per heavy atom. The molecular formula is C20H28N2O. The Hall–Kier alpha value is -1.35. The Kier molecular flexibility index (Phi) is 3.53. The van der Waals surface area contributed by atoms with Gasteiger partial charge in [-0.25, -0.2) is 0 Å². The quantitative estimate of drug-likeness (QED) is 0.925. The van der Waals surface area contributed by atoms with E-state index in [1.807, 2.05) is 0 Å². The van der Waals surface area contributed by atoms with Gasteiger partial charge < -0.3 is 5.32 Å². The van der Waals surface area contributed by atoms with Gasteiger partial charge in [0.05, 0.1) is 0 Å². The fourth-order valence-electron chi connectivity index (χ4n) is 4.85. The molecule has 1 aromatic carbocycles. The molecule has 1 N–H and O–H groups in total. The Morgan fingerprint density at radius 2 is 2.17 bits per heavy atom. The number of rotatable bonds is 3. The zero-order chi connectivity index (χ0) is 16.2. The number of carbonyl (C=O) groups excluding carboxylic acids is 1. The SMILES string of the molecule is CC(=O)Nc1ccc2c(c1)[C@]1(C)CCN(CC3CC3)[C@H](C2)C1C. The summed E-state index contributed by atoms with van der Waals surface area (Å²) in [5, 5.41) is 2.95. The average molecular weight is 312 g/mol. The van der Waals surface area contributed by atoms with Gasteiger partial charge in [-0.2, -0.15) is 0 Å². The highest BCUT2D eigenvalue weighted by molar-refractivity contribution is 5.88. The smallest absolute Gasteiger partial charge is 0.221 e. The maximum Gasteiger partial charge on any atom is 0.221 e. The third-order valence-corrected chi connectivity index (χ3v) is 6.63. The van der Waals surface area contributed by atoms with Crippen molar-refractivity contribution >= 4 is 11.6 Å². The summed E-state index contributed by atoms with van der Waals surface area (Å²) < 4.78 is 0. The van der Waals surface area contributed by atoms with E-state index in [9.17, 15) is 4.79 Å². The van der Waals surface area contributed by atoms with Crippen molar-refractivity contribution in [1.82, 2.24) is 4.90 Å². The van der Waals surface area contributed by atoms with E-state index in [1.54, 1.807) is 6.92 Å². The molecule has 0 radical (unpaired) electrons. The first-order chi connectivity index (χ1) is 11.0. The lowest BCUT2D eigenvalue weighted by Crippen LogP contribution is -2.58. The van der Waals surface area contributed by atoms with Crippen LogP contribution in [0.25, 0.3) is 0 Å². The molecule has 3 aliphatic rings. The van der Waals surface area contributed by atoms with Gasteiger partial charge in [0.2, 0.25) is 5.91 Å². The van der Waals surface area contributed by atoms with Crippen molar-refractivity contribution in [3.63, 3.8) is 0 Å². The second kappa shape index (κ2) is 5.34. The Morgan fingerprint density at radius 1 is 1.39 bits per heavy atom. The number of benzene rings is 1. The molecule has 1 unspecified atom stereocenters. The number of hydrogen-bond donors (Lipinski definition) is 1. The molecule has 23 heavy (non-hydrogen) atoms. The average Bonchev–Trinajstić information content (AvgIpc) is 3.30. The summed E-state index contributed by atoms with van der Waals surface area (Å²) in [6.07, 6.45) is 5.27. The maximum absolute atomic E-state index is 11.4. The number of nitrogens with zero attached hydrogens (tertiary/aromatic N) is 1. The van der Waals surface area contributed by atoms with E-state index in [2.05, 4.69) is 42.3 Å². The second-order valence-electron chi connectivity index (χ2n) is 8.22. The lowest BCUT2D eigenvalue weighted by molar-refractivity contribution is -0.114. The molecule has 1 aliphatic heterocycles. The highest BCUT2D eigenvalue weighted by Gasteiger charge is 2.48. The van der Waals surface area contributed by atoms with Crippen LogP contribution in [0.1, 0.15) is 51.2 Å². The number of nitrogens with one attached hydrogen (secondary N) is 1. The van der Waals surface area contributed by atoms with Gasteiger partial charge in [-0.15, -0.1) is 0 Å². The van der Waals surface area contributed by atoms with Crippen LogP contribution in [0.4, 0.5) is 5.69 Å². The van der Waals surface area contributed by atoms with Crippen LogP contribution >= 0.6 is 0 Å². The lowest BCUT2D eigenvalue weighted by atomic mass is 9.59. The van der Waals surface area contributed by atoms with Crippen LogP contribution in [-0.2, 0) is 16.6 Å². The molecule has 3 atom stereocenters. The summed E-state index contributed by atoms with van der Waals surface area (Å²) in [5.74, 6) is 1.65. The van der Waals surface area contributed by atoms with Crippen LogP contribution in [0.5, 0.6) is 0 Å². The van der Waals surface area contributed by atoms with E-state index in [0.29, 0.717) is 12.0 Å². The highest BCUT2D eigenvalue weighted by Crippen LogP contribution is 2.49. The van der Waals surface area contributed by atoms with Gasteiger partial charge in [-0.05, 0) is 72.7 Å². The summed E-state index contributed by atoms with van der Waals surface area (Å²) in [6, 6.07) is 7.24. The van der Waals surface area contributed by atoms with Crippen molar-refractivity contribution in [2.45, 2.75) is 57.9 Å². The second-order valence-corrected chi connectivity index (χ2v) is 8.22. The summed E-state index contributed by atoms with van der Waals surface area (Å²) in [5.41, 5.74) is 4.15. The molecule has 1 saturated heterocycles. The summed E-state index contributed by atoms with van der Waals surface area (Å²) in [7, 11) is 0. The monoisotopic (exact) mass is 312 g/mol. The topological polar surface area (TPSA) is 32.3 Å². The van der Waals surface area contributed by atoms with Crippen LogP contribution in [0, 0.1) is 11.8 Å². The third-order valence-electron chi connectivity index (χ3n) is 6.63. The van der Waals surface area contributed by atoms with Gasteiger partial charge in [0.25, 0.3) is 0 Å². The number of piperidine rings is 1. The molecule has 124 valence electrons. The molecule has 0 spiro atoms. The van der Waals surface area contributed by atoms with E-state index in [1.165, 1.54) is 49.9 Å². The van der Waals surface area contributed by atoms with Gasteiger partial charge in [-0.3, -0.25) is 9.69 Å². The van der Waals surface area contributed by atoms with Crippen molar-refractivity contribution in [2.24, 2.45) is 11.8 Å². The number of amides is 1. The lowest BCUT2D eigenvalue weighted by Gasteiger charge is -2.55. The van der Waals surface area contributed by atoms with E-state index in [-0.39, 0.29) is 11.3 Å². The van der Waals surface area contributed by atoms with Gasteiger partial charge in [-0.1, -0.05) is 19.9 Å². The summed E-state index contributed by atoms with van der Waals surface area (Å²) in [6.45, 7) is 9.00. The van der Waals surface area contributed by atoms with Gasteiger partial charge in [0, 0.05) is 25.2 Å². The van der Waals surface area contributed by atoms with Crippen LogP contribution in [0.2, 0.25) is 0 Å². The zero-order valence-corrected chi connectivity index (χ0v) is 14.6. The number of anilines is 1. The molecule has 1 saturated carbocycles. The van der Waals surface area contributed by atoms with Crippen molar-refractivity contribution in [3.8, 4) is 0 Å². The van der Waals surface area contributed by atoms with E-state index >= 15 is 0 Å². The van der Waals surface area contributed by atoms with Gasteiger partial charge in [0.15, 0.2) is 0 Å². The molecule has 1 heterocycles. The number of carbonyl (C=O) groups is 1. The predicted molar refractivity (Wildman–Crippen MR) is 93.7 cm³/mol. The van der Waals surface area contributed by atoms with Crippen molar-refractivity contribution in [1.29, 1.82) is 0 Å². The first-order valence-corrected chi connectivity index (χ1v) is 9.12. The van der Waals surface area contributed by atoms with Crippen LogP contribution < -0.4 is 5.32 Å². The van der Waals surface area contributed by atoms with Gasteiger partial charge in [0.1, 0.15) is 0 Å². The van der Waals surface area contributed by atoms with E-state index in [4.69, 9.17) is 0 Å². The highest BCUT2D eigenvalue weighted by atomic mass is 16.1. The summed E-state index contributed by atoms with van der Waals surface area (Å²) in [4.78, 5) is 14.1. The minimum Gasteiger partial charge on any atom is -0.326 e. The fraction of sp³-hybridized carbons (Fsp3) is 0.650. The van der Waals surface area contributed by atoms with E-state index in [0.717, 1.165) is 11.6 Å². The predicted octanol–water partition coefficient (Wildman–Crippen LogP) is 3.58. The third kappa shape index (κ3) is 2.59. The summed E-state index contributed by atoms with van der Waals surface area (Å²) >= 11 is 0. The zero-order valence-electron chi connectivity index (χ0n) is 14.6. The Bertz CT molecular complexity index is 637. The molecule has 3 heteroatoms. The molecule has 1 amide bonds. The molecule has 1 aromatic rings. The van der Waals surface area contributed by atoms with Crippen molar-refractivity contribution < 1.29 is 4.79 Å². The number of fused-ring (bicyclic) bond motifs is 4. The maximum atomic E-state index is 11.4. The Labute approximate surface area is 139 Å². The minimum absolute atomic E-state index is 0.0103. The number of likely N-dealkylation sites (tertiary alicyclic amines) is 1. The van der Waals surface area contributed by atoms with Gasteiger partial charge >= 0.3 is 0 Å². The molecule has 3 nitrogen and oxygen atoms in total. The van der Waals surface area contributed by atoms with E-state index < -0.39 is 0 Å². The van der Waals surface area contributed by atoms with Crippen LogP contribution in [0.15, 0.2) is 18.2 Å². The largest absolute Gasteiger partial charge is 0.326 e. The first-order valence-electron chi connectivity index (χ1n) is 9.12. The standard InChI is InChI=1S/C20H28N2O/c1-13-19-10-16-6-7-17(21-14(2)23)11-18(16)20(13,3)8-9-22(19)12-15-4-5-15/h6-7,11,13,15,19H,4-5,8-10,12H2,1-3H3,(H,21,23)/t13?,19-,20-/m1/s1. The number of hydrogen-bond acceptors (Lipinski definition) is 2. The van der Waals surface area contributed by atoms with Crippen LogP contribution in [-0.4, -0.2) is 29.9 Å². The molecule has 2 aliphatic carbocycles. The van der Waals surface area contributed by atoms with Crippen molar-refractivity contribution in [2.75, 3.05) is 18.4 Å². The molecule has 2 fully saturated rings.